The van der Waals surface area contributed by atoms with Crippen LogP contribution in [0.2, 0.25) is 0 Å². The fourth-order valence-electron chi connectivity index (χ4n) is 2.04. The van der Waals surface area contributed by atoms with E-state index in [1.807, 2.05) is 6.92 Å². The maximum absolute atomic E-state index is 11.3. The highest BCUT2D eigenvalue weighted by molar-refractivity contribution is 5.70. The topological polar surface area (TPSA) is 38.3 Å². The lowest BCUT2D eigenvalue weighted by molar-refractivity contribution is -0.143. The fraction of sp³-hybridized carbons (Fsp3) is 0.923. The molecule has 94 valence electrons. The number of hydrogen-bond donors (Lipinski definition) is 1. The van der Waals surface area contributed by atoms with E-state index < -0.39 is 0 Å². The predicted octanol–water partition coefficient (Wildman–Crippen LogP) is 2.50. The Hall–Kier alpha value is -0.570. The van der Waals surface area contributed by atoms with Gasteiger partial charge in [0, 0.05) is 12.1 Å². The summed E-state index contributed by atoms with van der Waals surface area (Å²) in [5.74, 6) is 0.844. The van der Waals surface area contributed by atoms with E-state index in [2.05, 4.69) is 19.2 Å². The van der Waals surface area contributed by atoms with Crippen LogP contribution in [0.15, 0.2) is 0 Å². The molecule has 0 spiro atoms. The minimum atomic E-state index is -0.0937. The van der Waals surface area contributed by atoms with Crippen molar-refractivity contribution in [3.05, 3.63) is 0 Å². The van der Waals surface area contributed by atoms with Crippen molar-refractivity contribution in [1.29, 1.82) is 0 Å². The number of carbonyl (C=O) groups is 1. The van der Waals surface area contributed by atoms with Gasteiger partial charge in [-0.1, -0.05) is 19.8 Å². The van der Waals surface area contributed by atoms with E-state index in [0.29, 0.717) is 19.1 Å². The Morgan fingerprint density at radius 1 is 1.44 bits per heavy atom. The molecule has 3 nitrogen and oxygen atoms in total. The Morgan fingerprint density at radius 2 is 2.12 bits per heavy atom. The van der Waals surface area contributed by atoms with Crippen molar-refractivity contribution in [2.24, 2.45) is 5.92 Å². The summed E-state index contributed by atoms with van der Waals surface area (Å²) < 4.78 is 4.94. The van der Waals surface area contributed by atoms with Crippen molar-refractivity contribution in [2.45, 2.75) is 65.0 Å². The third-order valence-corrected chi connectivity index (χ3v) is 3.11. The molecule has 2 atom stereocenters. The van der Waals surface area contributed by atoms with Gasteiger partial charge in [-0.2, -0.15) is 0 Å². The molecule has 1 fully saturated rings. The molecule has 16 heavy (non-hydrogen) atoms. The number of ether oxygens (including phenoxy) is 1. The standard InChI is InChI=1S/C13H25NO2/c1-4-12(9-11-6-7-11)14-10(3)8-13(15)16-5-2/h10-12,14H,4-9H2,1-3H3. The molecule has 0 aromatic carbocycles. The summed E-state index contributed by atoms with van der Waals surface area (Å²) in [6.07, 6.45) is 5.68. The number of rotatable bonds is 8. The molecule has 1 aliphatic rings. The summed E-state index contributed by atoms with van der Waals surface area (Å²) >= 11 is 0. The van der Waals surface area contributed by atoms with Crippen molar-refractivity contribution in [1.82, 2.24) is 5.32 Å². The monoisotopic (exact) mass is 227 g/mol. The van der Waals surface area contributed by atoms with Crippen LogP contribution in [0.1, 0.15) is 52.9 Å². The van der Waals surface area contributed by atoms with Gasteiger partial charge in [0.2, 0.25) is 0 Å². The molecule has 1 N–H and O–H groups in total. The van der Waals surface area contributed by atoms with Gasteiger partial charge in [0.25, 0.3) is 0 Å². The minimum absolute atomic E-state index is 0.0937. The molecular weight excluding hydrogens is 202 g/mol. The molecule has 2 unspecified atom stereocenters. The first-order chi connectivity index (χ1) is 7.65. The number of hydrogen-bond acceptors (Lipinski definition) is 3. The molecule has 0 radical (unpaired) electrons. The molecule has 1 rings (SSSR count). The Morgan fingerprint density at radius 3 is 2.62 bits per heavy atom. The third kappa shape index (κ3) is 5.50. The van der Waals surface area contributed by atoms with Crippen LogP contribution in [0, 0.1) is 5.92 Å². The second kappa shape index (κ2) is 6.89. The smallest absolute Gasteiger partial charge is 0.307 e. The average molecular weight is 227 g/mol. The van der Waals surface area contributed by atoms with Gasteiger partial charge in [0.1, 0.15) is 0 Å². The molecule has 0 aliphatic heterocycles. The van der Waals surface area contributed by atoms with Gasteiger partial charge in [-0.05, 0) is 32.6 Å². The molecule has 0 saturated heterocycles. The average Bonchev–Trinajstić information content (AvgIpc) is 3.00. The van der Waals surface area contributed by atoms with Gasteiger partial charge >= 0.3 is 5.97 Å². The third-order valence-electron chi connectivity index (χ3n) is 3.11. The first-order valence-corrected chi connectivity index (χ1v) is 6.57. The van der Waals surface area contributed by atoms with Gasteiger partial charge in [-0.3, -0.25) is 4.79 Å². The summed E-state index contributed by atoms with van der Waals surface area (Å²) in [6.45, 7) is 6.59. The molecular formula is C13H25NO2. The highest BCUT2D eigenvalue weighted by atomic mass is 16.5. The van der Waals surface area contributed by atoms with Gasteiger partial charge in [-0.15, -0.1) is 0 Å². The van der Waals surface area contributed by atoms with E-state index in [4.69, 9.17) is 4.74 Å². The van der Waals surface area contributed by atoms with Gasteiger partial charge < -0.3 is 10.1 Å². The van der Waals surface area contributed by atoms with Crippen LogP contribution in [-0.2, 0) is 9.53 Å². The molecule has 0 amide bonds. The zero-order valence-electron chi connectivity index (χ0n) is 10.8. The summed E-state index contributed by atoms with van der Waals surface area (Å²) in [6, 6.07) is 0.791. The molecule has 0 aromatic rings. The van der Waals surface area contributed by atoms with Gasteiger partial charge in [-0.25, -0.2) is 0 Å². The first-order valence-electron chi connectivity index (χ1n) is 6.57. The first kappa shape index (κ1) is 13.5. The van der Waals surface area contributed by atoms with Crippen LogP contribution in [0.25, 0.3) is 0 Å². The molecule has 1 saturated carbocycles. The number of esters is 1. The van der Waals surface area contributed by atoms with Crippen molar-refractivity contribution in [3.63, 3.8) is 0 Å². The second-order valence-corrected chi connectivity index (χ2v) is 4.86. The van der Waals surface area contributed by atoms with Crippen LogP contribution in [-0.4, -0.2) is 24.7 Å². The van der Waals surface area contributed by atoms with E-state index in [9.17, 15) is 4.79 Å². The molecule has 1 aliphatic carbocycles. The summed E-state index contributed by atoms with van der Waals surface area (Å²) in [5.41, 5.74) is 0. The Bertz CT molecular complexity index is 214. The van der Waals surface area contributed by atoms with E-state index in [1.165, 1.54) is 19.3 Å². The predicted molar refractivity (Wildman–Crippen MR) is 65.3 cm³/mol. The molecule has 0 aromatic heterocycles. The fourth-order valence-corrected chi connectivity index (χ4v) is 2.04. The van der Waals surface area contributed by atoms with Crippen LogP contribution < -0.4 is 5.32 Å². The Balaban J connectivity index is 2.18. The highest BCUT2D eigenvalue weighted by Gasteiger charge is 2.25. The van der Waals surface area contributed by atoms with Crippen molar-refractivity contribution < 1.29 is 9.53 Å². The van der Waals surface area contributed by atoms with E-state index >= 15 is 0 Å². The van der Waals surface area contributed by atoms with Crippen LogP contribution in [0.5, 0.6) is 0 Å². The minimum Gasteiger partial charge on any atom is -0.466 e. The molecule has 0 bridgehead atoms. The lowest BCUT2D eigenvalue weighted by Crippen LogP contribution is -2.38. The zero-order chi connectivity index (χ0) is 12.0. The van der Waals surface area contributed by atoms with E-state index in [1.54, 1.807) is 0 Å². The number of carbonyl (C=O) groups excluding carboxylic acids is 1. The molecule has 0 heterocycles. The lowest BCUT2D eigenvalue weighted by Gasteiger charge is -2.21. The number of nitrogens with one attached hydrogen (secondary N) is 1. The zero-order valence-corrected chi connectivity index (χ0v) is 10.8. The normalized spacial score (nSPS) is 19.2. The van der Waals surface area contributed by atoms with Crippen LogP contribution in [0.3, 0.4) is 0 Å². The Kier molecular flexibility index (Phi) is 5.81. The largest absolute Gasteiger partial charge is 0.466 e. The highest BCUT2D eigenvalue weighted by Crippen LogP contribution is 2.34. The Labute approximate surface area is 98.9 Å². The quantitative estimate of drug-likeness (QED) is 0.647. The van der Waals surface area contributed by atoms with Crippen molar-refractivity contribution in [2.75, 3.05) is 6.61 Å². The lowest BCUT2D eigenvalue weighted by atomic mass is 10.1. The van der Waals surface area contributed by atoms with Crippen molar-refractivity contribution in [3.8, 4) is 0 Å². The van der Waals surface area contributed by atoms with Crippen LogP contribution >= 0.6 is 0 Å². The second-order valence-electron chi connectivity index (χ2n) is 4.86. The van der Waals surface area contributed by atoms with Gasteiger partial charge in [0.15, 0.2) is 0 Å². The maximum Gasteiger partial charge on any atom is 0.307 e. The SMILES string of the molecule is CCOC(=O)CC(C)NC(CC)CC1CC1. The van der Waals surface area contributed by atoms with Crippen molar-refractivity contribution >= 4 is 5.97 Å². The summed E-state index contributed by atoms with van der Waals surface area (Å²) in [4.78, 5) is 11.3. The van der Waals surface area contributed by atoms with E-state index in [0.717, 1.165) is 12.3 Å². The molecule has 3 heteroatoms. The van der Waals surface area contributed by atoms with E-state index in [-0.39, 0.29) is 12.0 Å². The van der Waals surface area contributed by atoms with Crippen LogP contribution in [0.4, 0.5) is 0 Å². The van der Waals surface area contributed by atoms with Gasteiger partial charge in [0.05, 0.1) is 13.0 Å². The summed E-state index contributed by atoms with van der Waals surface area (Å²) in [5, 5.41) is 3.53. The summed E-state index contributed by atoms with van der Waals surface area (Å²) in [7, 11) is 0. The maximum atomic E-state index is 11.3.